The summed E-state index contributed by atoms with van der Waals surface area (Å²) in [6.07, 6.45) is 2.35. The van der Waals surface area contributed by atoms with Gasteiger partial charge in [0, 0.05) is 25.1 Å². The Labute approximate surface area is 97.9 Å². The van der Waals surface area contributed by atoms with Gasteiger partial charge in [0.05, 0.1) is 0 Å². The maximum absolute atomic E-state index is 9.41. The van der Waals surface area contributed by atoms with Gasteiger partial charge in [-0.05, 0) is 24.9 Å². The third kappa shape index (κ3) is 2.83. The van der Waals surface area contributed by atoms with Gasteiger partial charge in [-0.2, -0.15) is 0 Å². The zero-order valence-electron chi connectivity index (χ0n) is 10.0. The smallest absolute Gasteiger partial charge is 0.0497 e. The highest BCUT2D eigenvalue weighted by molar-refractivity contribution is 5.14. The topological polar surface area (TPSA) is 23.5 Å². The quantitative estimate of drug-likeness (QED) is 0.843. The van der Waals surface area contributed by atoms with Crippen molar-refractivity contribution < 1.29 is 5.11 Å². The number of aliphatic hydroxyl groups excluding tert-OH is 1. The number of hydrogen-bond acceptors (Lipinski definition) is 2. The molecule has 2 nitrogen and oxygen atoms in total. The summed E-state index contributed by atoms with van der Waals surface area (Å²) in [5, 5.41) is 9.41. The molecular formula is C14H21NO. The highest BCUT2D eigenvalue weighted by atomic mass is 16.3. The van der Waals surface area contributed by atoms with Crippen LogP contribution in [0, 0.1) is 5.41 Å². The predicted octanol–water partition coefficient (Wildman–Crippen LogP) is 2.28. The van der Waals surface area contributed by atoms with E-state index < -0.39 is 0 Å². The Morgan fingerprint density at radius 3 is 2.75 bits per heavy atom. The molecule has 1 N–H and O–H groups in total. The van der Waals surface area contributed by atoms with Gasteiger partial charge in [0.2, 0.25) is 0 Å². The van der Waals surface area contributed by atoms with Crippen molar-refractivity contribution in [2.75, 3.05) is 19.7 Å². The van der Waals surface area contributed by atoms with Crippen LogP contribution in [0.4, 0.5) is 0 Å². The lowest BCUT2D eigenvalue weighted by molar-refractivity contribution is 0.0429. The van der Waals surface area contributed by atoms with Crippen LogP contribution in [0.25, 0.3) is 0 Å². The van der Waals surface area contributed by atoms with E-state index in [4.69, 9.17) is 0 Å². The minimum absolute atomic E-state index is 0.104. The summed E-state index contributed by atoms with van der Waals surface area (Å²) >= 11 is 0. The number of nitrogens with zero attached hydrogens (tertiary/aromatic N) is 1. The molecule has 0 aliphatic carbocycles. The van der Waals surface area contributed by atoms with E-state index in [0.29, 0.717) is 6.61 Å². The highest BCUT2D eigenvalue weighted by Gasteiger charge is 2.29. The van der Waals surface area contributed by atoms with Gasteiger partial charge in [0.15, 0.2) is 0 Å². The average Bonchev–Trinajstić information content (AvgIpc) is 2.30. The van der Waals surface area contributed by atoms with Crippen LogP contribution >= 0.6 is 0 Å². The molecule has 1 unspecified atom stereocenters. The number of hydrogen-bond donors (Lipinski definition) is 1. The van der Waals surface area contributed by atoms with Gasteiger partial charge in [0.1, 0.15) is 0 Å². The highest BCUT2D eigenvalue weighted by Crippen LogP contribution is 2.29. The molecule has 0 saturated carbocycles. The summed E-state index contributed by atoms with van der Waals surface area (Å²) < 4.78 is 0. The van der Waals surface area contributed by atoms with Gasteiger partial charge < -0.3 is 5.11 Å². The number of aliphatic hydroxyl groups is 1. The molecule has 1 aromatic rings. The first-order valence-corrected chi connectivity index (χ1v) is 6.09. The van der Waals surface area contributed by atoms with Crippen molar-refractivity contribution in [1.82, 2.24) is 4.90 Å². The summed E-state index contributed by atoms with van der Waals surface area (Å²) in [5.74, 6) is 0. The van der Waals surface area contributed by atoms with Crippen molar-refractivity contribution >= 4 is 0 Å². The number of piperidine rings is 1. The van der Waals surface area contributed by atoms with E-state index in [1.165, 1.54) is 12.0 Å². The molecule has 16 heavy (non-hydrogen) atoms. The molecule has 2 rings (SSSR count). The first-order chi connectivity index (χ1) is 7.72. The second-order valence-electron chi connectivity index (χ2n) is 5.27. The Bertz CT molecular complexity index is 325. The van der Waals surface area contributed by atoms with Crippen LogP contribution in [-0.2, 0) is 6.54 Å². The number of benzene rings is 1. The van der Waals surface area contributed by atoms with Crippen molar-refractivity contribution in [2.45, 2.75) is 26.3 Å². The van der Waals surface area contributed by atoms with E-state index in [9.17, 15) is 5.11 Å². The normalized spacial score (nSPS) is 26.9. The van der Waals surface area contributed by atoms with Crippen molar-refractivity contribution in [3.05, 3.63) is 35.9 Å². The van der Waals surface area contributed by atoms with E-state index in [1.807, 2.05) is 0 Å². The third-order valence-electron chi connectivity index (χ3n) is 3.49. The van der Waals surface area contributed by atoms with Crippen LogP contribution in [-0.4, -0.2) is 29.7 Å². The molecule has 1 aliphatic rings. The molecule has 1 aliphatic heterocycles. The molecule has 0 aromatic heterocycles. The van der Waals surface area contributed by atoms with E-state index in [1.54, 1.807) is 0 Å². The molecule has 1 saturated heterocycles. The molecule has 0 spiro atoms. The van der Waals surface area contributed by atoms with E-state index >= 15 is 0 Å². The summed E-state index contributed by atoms with van der Waals surface area (Å²) in [6, 6.07) is 10.6. The minimum Gasteiger partial charge on any atom is -0.396 e. The van der Waals surface area contributed by atoms with Crippen molar-refractivity contribution in [3.8, 4) is 0 Å². The fourth-order valence-electron chi connectivity index (χ4n) is 2.53. The largest absolute Gasteiger partial charge is 0.396 e. The monoisotopic (exact) mass is 219 g/mol. The Balaban J connectivity index is 1.96. The second-order valence-corrected chi connectivity index (χ2v) is 5.27. The van der Waals surface area contributed by atoms with Gasteiger partial charge in [-0.3, -0.25) is 4.90 Å². The SMILES string of the molecule is CC1(CO)CCCN(Cc2ccccc2)C1. The lowest BCUT2D eigenvalue weighted by atomic mass is 9.82. The number of likely N-dealkylation sites (tertiary alicyclic amines) is 1. The lowest BCUT2D eigenvalue weighted by Gasteiger charge is -2.39. The summed E-state index contributed by atoms with van der Waals surface area (Å²) in [6.45, 7) is 5.67. The van der Waals surface area contributed by atoms with Crippen LogP contribution in [0.5, 0.6) is 0 Å². The molecule has 0 radical (unpaired) electrons. The van der Waals surface area contributed by atoms with Crippen LogP contribution in [0.2, 0.25) is 0 Å². The molecule has 0 bridgehead atoms. The van der Waals surface area contributed by atoms with Crippen molar-refractivity contribution in [2.24, 2.45) is 5.41 Å². The first-order valence-electron chi connectivity index (χ1n) is 6.09. The zero-order valence-corrected chi connectivity index (χ0v) is 10.0. The fourth-order valence-corrected chi connectivity index (χ4v) is 2.53. The van der Waals surface area contributed by atoms with Crippen LogP contribution in [0.3, 0.4) is 0 Å². The fraction of sp³-hybridized carbons (Fsp3) is 0.571. The molecule has 1 heterocycles. The van der Waals surface area contributed by atoms with Crippen LogP contribution < -0.4 is 0 Å². The maximum Gasteiger partial charge on any atom is 0.0497 e. The van der Waals surface area contributed by atoms with Crippen molar-refractivity contribution in [3.63, 3.8) is 0 Å². The molecule has 1 atom stereocenters. The van der Waals surface area contributed by atoms with Gasteiger partial charge in [-0.1, -0.05) is 37.3 Å². The maximum atomic E-state index is 9.41. The van der Waals surface area contributed by atoms with Crippen molar-refractivity contribution in [1.29, 1.82) is 0 Å². The van der Waals surface area contributed by atoms with Crippen LogP contribution in [0.1, 0.15) is 25.3 Å². The average molecular weight is 219 g/mol. The second kappa shape index (κ2) is 4.98. The van der Waals surface area contributed by atoms with Crippen LogP contribution in [0.15, 0.2) is 30.3 Å². The van der Waals surface area contributed by atoms with Gasteiger partial charge in [0.25, 0.3) is 0 Å². The summed E-state index contributed by atoms with van der Waals surface area (Å²) in [5.41, 5.74) is 1.47. The molecule has 1 fully saturated rings. The zero-order chi connectivity index (χ0) is 11.4. The first kappa shape index (κ1) is 11.6. The molecular weight excluding hydrogens is 198 g/mol. The Hall–Kier alpha value is -0.860. The Morgan fingerprint density at radius 2 is 2.06 bits per heavy atom. The van der Waals surface area contributed by atoms with Gasteiger partial charge in [-0.25, -0.2) is 0 Å². The number of rotatable bonds is 3. The minimum atomic E-state index is 0.104. The van der Waals surface area contributed by atoms with Gasteiger partial charge in [-0.15, -0.1) is 0 Å². The predicted molar refractivity (Wildman–Crippen MR) is 66.1 cm³/mol. The van der Waals surface area contributed by atoms with E-state index in [-0.39, 0.29) is 5.41 Å². The van der Waals surface area contributed by atoms with E-state index in [2.05, 4.69) is 42.2 Å². The van der Waals surface area contributed by atoms with E-state index in [0.717, 1.165) is 26.1 Å². The Kier molecular flexibility index (Phi) is 3.62. The van der Waals surface area contributed by atoms with Gasteiger partial charge >= 0.3 is 0 Å². The molecule has 0 amide bonds. The lowest BCUT2D eigenvalue weighted by Crippen LogP contribution is -2.43. The molecule has 88 valence electrons. The summed E-state index contributed by atoms with van der Waals surface area (Å²) in [7, 11) is 0. The molecule has 2 heteroatoms. The third-order valence-corrected chi connectivity index (χ3v) is 3.49. The summed E-state index contributed by atoms with van der Waals surface area (Å²) in [4.78, 5) is 2.45. The molecule has 1 aromatic carbocycles. The Morgan fingerprint density at radius 1 is 1.31 bits per heavy atom. The standard InChI is InChI=1S/C14H21NO/c1-14(12-16)8-5-9-15(11-14)10-13-6-3-2-4-7-13/h2-4,6-7,16H,5,8-12H2,1H3.